The summed E-state index contributed by atoms with van der Waals surface area (Å²) >= 11 is 4.83. The van der Waals surface area contributed by atoms with Gasteiger partial charge in [-0.1, -0.05) is 23.5 Å². The standard InChI is InChI=1S/C13H11BrN4OS/c14-12-17-18-8-11(16-13(18)20-12)7-15-10-3-1-9(2-4-10)5-6-19/h1-4,6,8,15H,5,7H2. The smallest absolute Gasteiger partial charge is 0.213 e. The zero-order valence-corrected chi connectivity index (χ0v) is 12.8. The van der Waals surface area contributed by atoms with E-state index in [0.29, 0.717) is 13.0 Å². The van der Waals surface area contributed by atoms with Crippen LogP contribution in [0.15, 0.2) is 34.4 Å². The number of carbonyl (C=O) groups is 1. The van der Waals surface area contributed by atoms with E-state index in [4.69, 9.17) is 0 Å². The molecule has 20 heavy (non-hydrogen) atoms. The number of nitrogens with zero attached hydrogens (tertiary/aromatic N) is 3. The van der Waals surface area contributed by atoms with Crippen molar-refractivity contribution in [2.45, 2.75) is 13.0 Å². The normalized spacial score (nSPS) is 10.8. The SMILES string of the molecule is O=CCc1ccc(NCc2cn3nc(Br)sc3n2)cc1. The van der Waals surface area contributed by atoms with E-state index in [-0.39, 0.29) is 0 Å². The number of imidazole rings is 1. The lowest BCUT2D eigenvalue weighted by Crippen LogP contribution is -1.99. The molecule has 0 spiro atoms. The molecule has 3 aromatic rings. The van der Waals surface area contributed by atoms with Crippen molar-refractivity contribution < 1.29 is 4.79 Å². The van der Waals surface area contributed by atoms with Crippen LogP contribution < -0.4 is 5.32 Å². The van der Waals surface area contributed by atoms with Crippen LogP contribution in [0.3, 0.4) is 0 Å². The molecule has 0 saturated heterocycles. The second-order valence-electron chi connectivity index (χ2n) is 4.24. The third kappa shape index (κ3) is 2.88. The maximum Gasteiger partial charge on any atom is 0.213 e. The summed E-state index contributed by atoms with van der Waals surface area (Å²) in [6, 6.07) is 7.82. The molecule has 0 aliphatic heterocycles. The third-order valence-electron chi connectivity index (χ3n) is 2.82. The zero-order chi connectivity index (χ0) is 13.9. The number of hydrogen-bond acceptors (Lipinski definition) is 5. The third-order valence-corrected chi connectivity index (χ3v) is 4.17. The number of hydrogen-bond donors (Lipinski definition) is 1. The molecule has 0 aliphatic rings. The summed E-state index contributed by atoms with van der Waals surface area (Å²) in [5.74, 6) is 0. The van der Waals surface area contributed by atoms with E-state index in [0.717, 1.165) is 32.1 Å². The number of rotatable bonds is 5. The fourth-order valence-electron chi connectivity index (χ4n) is 1.85. The average Bonchev–Trinajstić information content (AvgIpc) is 2.95. The van der Waals surface area contributed by atoms with Crippen molar-refractivity contribution in [1.82, 2.24) is 14.6 Å². The van der Waals surface area contributed by atoms with Gasteiger partial charge in [-0.25, -0.2) is 9.50 Å². The molecule has 1 aromatic carbocycles. The van der Waals surface area contributed by atoms with Gasteiger partial charge in [0, 0.05) is 12.1 Å². The zero-order valence-electron chi connectivity index (χ0n) is 10.4. The highest BCUT2D eigenvalue weighted by Gasteiger charge is 2.06. The maximum absolute atomic E-state index is 10.4. The molecule has 0 radical (unpaired) electrons. The Kier molecular flexibility index (Phi) is 3.79. The summed E-state index contributed by atoms with van der Waals surface area (Å²) in [6.07, 6.45) is 3.27. The molecular formula is C13H11BrN4OS. The molecular weight excluding hydrogens is 340 g/mol. The number of aldehydes is 1. The number of nitrogens with one attached hydrogen (secondary N) is 1. The Morgan fingerprint density at radius 3 is 2.85 bits per heavy atom. The fraction of sp³-hybridized carbons (Fsp3) is 0.154. The van der Waals surface area contributed by atoms with Gasteiger partial charge in [-0.3, -0.25) is 0 Å². The molecule has 7 heteroatoms. The van der Waals surface area contributed by atoms with Gasteiger partial charge in [-0.15, -0.1) is 5.10 Å². The summed E-state index contributed by atoms with van der Waals surface area (Å²) < 4.78 is 2.59. The Labute approximate surface area is 127 Å². The summed E-state index contributed by atoms with van der Waals surface area (Å²) in [5.41, 5.74) is 2.96. The quantitative estimate of drug-likeness (QED) is 0.718. The summed E-state index contributed by atoms with van der Waals surface area (Å²) in [5, 5.41) is 7.55. The van der Waals surface area contributed by atoms with Crippen molar-refractivity contribution in [3.05, 3.63) is 45.6 Å². The first kappa shape index (κ1) is 13.3. The molecule has 3 rings (SSSR count). The number of fused-ring (bicyclic) bond motifs is 1. The van der Waals surface area contributed by atoms with Crippen LogP contribution in [-0.2, 0) is 17.8 Å². The minimum Gasteiger partial charge on any atom is -0.379 e. The predicted octanol–water partition coefficient (Wildman–Crippen LogP) is 2.91. The van der Waals surface area contributed by atoms with E-state index >= 15 is 0 Å². The highest BCUT2D eigenvalue weighted by Crippen LogP contribution is 2.19. The molecule has 102 valence electrons. The summed E-state index contributed by atoms with van der Waals surface area (Å²) in [6.45, 7) is 0.640. The lowest BCUT2D eigenvalue weighted by molar-refractivity contribution is -0.107. The van der Waals surface area contributed by atoms with E-state index in [9.17, 15) is 4.79 Å². The Bertz CT molecular complexity index is 703. The second-order valence-corrected chi connectivity index (χ2v) is 6.47. The lowest BCUT2D eigenvalue weighted by Gasteiger charge is -2.04. The van der Waals surface area contributed by atoms with E-state index in [1.807, 2.05) is 30.5 Å². The molecule has 1 N–H and O–H groups in total. The molecule has 0 amide bonds. The highest BCUT2D eigenvalue weighted by atomic mass is 79.9. The minimum atomic E-state index is 0.456. The van der Waals surface area contributed by atoms with E-state index < -0.39 is 0 Å². The van der Waals surface area contributed by atoms with Gasteiger partial charge >= 0.3 is 0 Å². The Hall–Kier alpha value is -1.73. The number of anilines is 1. The summed E-state index contributed by atoms with van der Waals surface area (Å²) in [4.78, 5) is 15.8. The van der Waals surface area contributed by atoms with Crippen molar-refractivity contribution in [2.75, 3.05) is 5.32 Å². The molecule has 0 atom stereocenters. The van der Waals surface area contributed by atoms with Crippen LogP contribution in [0.1, 0.15) is 11.3 Å². The molecule has 0 saturated carbocycles. The van der Waals surface area contributed by atoms with Crippen molar-refractivity contribution in [2.24, 2.45) is 0 Å². The number of halogens is 1. The lowest BCUT2D eigenvalue weighted by atomic mass is 10.1. The van der Waals surface area contributed by atoms with Gasteiger partial charge in [0.05, 0.1) is 18.4 Å². The molecule has 0 bridgehead atoms. The largest absolute Gasteiger partial charge is 0.379 e. The molecule has 0 aliphatic carbocycles. The number of carbonyl (C=O) groups excluding carboxylic acids is 1. The summed E-state index contributed by atoms with van der Waals surface area (Å²) in [7, 11) is 0. The molecule has 2 aromatic heterocycles. The molecule has 5 nitrogen and oxygen atoms in total. The predicted molar refractivity (Wildman–Crippen MR) is 82.1 cm³/mol. The van der Waals surface area contributed by atoms with E-state index in [1.165, 1.54) is 11.3 Å². The van der Waals surface area contributed by atoms with Gasteiger partial charge in [-0.05, 0) is 33.6 Å². The number of benzene rings is 1. The Balaban J connectivity index is 1.65. The van der Waals surface area contributed by atoms with Gasteiger partial charge in [0.1, 0.15) is 6.29 Å². The highest BCUT2D eigenvalue weighted by molar-refractivity contribution is 9.11. The first-order valence-corrected chi connectivity index (χ1v) is 7.62. The Morgan fingerprint density at radius 1 is 1.35 bits per heavy atom. The van der Waals surface area contributed by atoms with Crippen molar-refractivity contribution in [3.63, 3.8) is 0 Å². The average molecular weight is 351 g/mol. The van der Waals surface area contributed by atoms with Crippen molar-refractivity contribution >= 4 is 44.2 Å². The van der Waals surface area contributed by atoms with Crippen LogP contribution in [-0.4, -0.2) is 20.9 Å². The van der Waals surface area contributed by atoms with Crippen LogP contribution >= 0.6 is 27.3 Å². The van der Waals surface area contributed by atoms with Gasteiger partial charge in [0.15, 0.2) is 3.92 Å². The van der Waals surface area contributed by atoms with Gasteiger partial charge in [-0.2, -0.15) is 0 Å². The molecule has 0 fully saturated rings. The monoisotopic (exact) mass is 350 g/mol. The molecule has 0 unspecified atom stereocenters. The van der Waals surface area contributed by atoms with Crippen LogP contribution in [0.25, 0.3) is 4.96 Å². The minimum absolute atomic E-state index is 0.456. The van der Waals surface area contributed by atoms with Gasteiger partial charge in [0.2, 0.25) is 4.96 Å². The van der Waals surface area contributed by atoms with Gasteiger partial charge < -0.3 is 10.1 Å². The van der Waals surface area contributed by atoms with Crippen LogP contribution in [0.4, 0.5) is 5.69 Å². The number of aromatic nitrogens is 3. The van der Waals surface area contributed by atoms with Crippen LogP contribution in [0.5, 0.6) is 0 Å². The van der Waals surface area contributed by atoms with E-state index in [1.54, 1.807) is 4.52 Å². The second kappa shape index (κ2) is 5.72. The maximum atomic E-state index is 10.4. The first-order chi connectivity index (χ1) is 9.74. The van der Waals surface area contributed by atoms with Crippen molar-refractivity contribution in [3.8, 4) is 0 Å². The molecule has 2 heterocycles. The van der Waals surface area contributed by atoms with Gasteiger partial charge in [0.25, 0.3) is 0 Å². The Morgan fingerprint density at radius 2 is 2.15 bits per heavy atom. The first-order valence-electron chi connectivity index (χ1n) is 6.01. The fourth-order valence-corrected chi connectivity index (χ4v) is 3.09. The van der Waals surface area contributed by atoms with E-state index in [2.05, 4.69) is 31.3 Å². The van der Waals surface area contributed by atoms with Crippen molar-refractivity contribution in [1.29, 1.82) is 0 Å². The topological polar surface area (TPSA) is 59.3 Å². The van der Waals surface area contributed by atoms with Crippen LogP contribution in [0, 0.1) is 0 Å². The van der Waals surface area contributed by atoms with Crippen LogP contribution in [0.2, 0.25) is 0 Å².